The third kappa shape index (κ3) is 5.80. The molecule has 7 nitrogen and oxygen atoms in total. The van der Waals surface area contributed by atoms with Gasteiger partial charge in [0.2, 0.25) is 0 Å². The molecule has 0 fully saturated rings. The van der Waals surface area contributed by atoms with Crippen molar-refractivity contribution in [2.45, 2.75) is 38.8 Å². The molecule has 0 aromatic heterocycles. The van der Waals surface area contributed by atoms with Crippen LogP contribution in [-0.4, -0.2) is 41.6 Å². The molecular formula is C31H33N2O5PS. The molecule has 1 N–H and O–H groups in total. The lowest BCUT2D eigenvalue weighted by Crippen LogP contribution is -2.55. The van der Waals surface area contributed by atoms with Crippen molar-refractivity contribution in [1.29, 1.82) is 0 Å². The number of hydrogen-bond acceptors (Lipinski definition) is 6. The van der Waals surface area contributed by atoms with E-state index in [1.807, 2.05) is 66.7 Å². The van der Waals surface area contributed by atoms with Crippen LogP contribution >= 0.6 is 6.19 Å². The molecule has 0 radical (unpaired) electrons. The Balaban J connectivity index is 1.95. The van der Waals surface area contributed by atoms with Crippen LogP contribution in [0.4, 0.5) is 4.79 Å². The second-order valence-corrected chi connectivity index (χ2v) is 14.4. The van der Waals surface area contributed by atoms with E-state index in [0.29, 0.717) is 5.56 Å². The van der Waals surface area contributed by atoms with Crippen molar-refractivity contribution in [2.24, 2.45) is 0 Å². The Morgan fingerprint density at radius 1 is 0.900 bits per heavy atom. The van der Waals surface area contributed by atoms with Crippen molar-refractivity contribution >= 4 is 46.6 Å². The number of carbonyl (C=O) groups excluding carboxylic acids is 3. The summed E-state index contributed by atoms with van der Waals surface area (Å²) in [6, 6.07) is 27.9. The Morgan fingerprint density at radius 3 is 1.88 bits per heavy atom. The molecular weight excluding hydrogens is 543 g/mol. The van der Waals surface area contributed by atoms with Crippen LogP contribution in [0.5, 0.6) is 0 Å². The normalized spacial score (nSPS) is 15.2. The molecule has 3 aromatic carbocycles. The van der Waals surface area contributed by atoms with Crippen LogP contribution in [0.1, 0.15) is 33.3 Å². The fourth-order valence-corrected chi connectivity index (χ4v) is 8.25. The zero-order chi connectivity index (χ0) is 29.0. The van der Waals surface area contributed by atoms with Crippen molar-refractivity contribution in [3.8, 4) is 0 Å². The van der Waals surface area contributed by atoms with Gasteiger partial charge in [0.1, 0.15) is 5.60 Å². The standard InChI is InChI=1S/C31H33N2O5PS/c1-5-37-28(35)31(23-15-9-6-10-16-23,26-21-22-33(27(26)34)29(36)38-30(2,3)4)32-39(40,24-17-11-7-12-18-24)25-19-13-8-14-20-25/h6-21H,5,22H2,1-4H3,(H,32,40). The zero-order valence-corrected chi connectivity index (χ0v) is 24.7. The van der Waals surface area contributed by atoms with Gasteiger partial charge < -0.3 is 9.47 Å². The van der Waals surface area contributed by atoms with Gasteiger partial charge in [-0.15, -0.1) is 0 Å². The molecule has 0 saturated heterocycles. The molecule has 4 rings (SSSR count). The maximum Gasteiger partial charge on any atom is 0.417 e. The molecule has 3 aromatic rings. The lowest BCUT2D eigenvalue weighted by Gasteiger charge is -2.39. The Hall–Kier alpha value is -3.58. The summed E-state index contributed by atoms with van der Waals surface area (Å²) in [7, 11) is 0. The average molecular weight is 577 g/mol. The van der Waals surface area contributed by atoms with Crippen LogP contribution in [-0.2, 0) is 36.4 Å². The lowest BCUT2D eigenvalue weighted by atomic mass is 9.83. The summed E-state index contributed by atoms with van der Waals surface area (Å²) in [6.45, 7) is 6.90. The SMILES string of the molecule is CCOC(=O)C(NP(=S)(c1ccccc1)c1ccccc1)(C1=CCN(C(=O)OC(C)(C)C)C1=O)c1ccccc1. The number of esters is 1. The summed E-state index contributed by atoms with van der Waals surface area (Å²) in [5, 5.41) is 5.14. The summed E-state index contributed by atoms with van der Waals surface area (Å²) >= 11 is 6.46. The van der Waals surface area contributed by atoms with E-state index < -0.39 is 35.3 Å². The number of ether oxygens (including phenoxy) is 2. The first-order valence-corrected chi connectivity index (χ1v) is 15.8. The summed E-state index contributed by atoms with van der Waals surface area (Å²) in [4.78, 5) is 42.2. The first-order valence-electron chi connectivity index (χ1n) is 13.0. The third-order valence-electron chi connectivity index (χ3n) is 6.32. The molecule has 0 saturated carbocycles. The average Bonchev–Trinajstić information content (AvgIpc) is 3.34. The first-order chi connectivity index (χ1) is 19.0. The molecule has 208 valence electrons. The molecule has 0 spiro atoms. The smallest absolute Gasteiger partial charge is 0.417 e. The summed E-state index contributed by atoms with van der Waals surface area (Å²) < 4.78 is 11.1. The van der Waals surface area contributed by atoms with Gasteiger partial charge in [0.25, 0.3) is 5.91 Å². The fraction of sp³-hybridized carbons (Fsp3) is 0.258. The van der Waals surface area contributed by atoms with Gasteiger partial charge in [-0.3, -0.25) is 9.88 Å². The van der Waals surface area contributed by atoms with Gasteiger partial charge in [0, 0.05) is 10.6 Å². The number of carbonyl (C=O) groups is 3. The molecule has 1 aliphatic heterocycles. The second kappa shape index (κ2) is 11.9. The van der Waals surface area contributed by atoms with E-state index in [4.69, 9.17) is 21.3 Å². The van der Waals surface area contributed by atoms with E-state index in [9.17, 15) is 14.4 Å². The van der Waals surface area contributed by atoms with Crippen molar-refractivity contribution in [3.05, 3.63) is 108 Å². The highest BCUT2D eigenvalue weighted by atomic mass is 32.4. The highest BCUT2D eigenvalue weighted by molar-refractivity contribution is 8.21. The van der Waals surface area contributed by atoms with Crippen molar-refractivity contribution in [2.75, 3.05) is 13.2 Å². The van der Waals surface area contributed by atoms with E-state index >= 15 is 0 Å². The molecule has 0 bridgehead atoms. The zero-order valence-electron chi connectivity index (χ0n) is 23.0. The molecule has 2 amide bonds. The molecule has 40 heavy (non-hydrogen) atoms. The van der Waals surface area contributed by atoms with Gasteiger partial charge in [-0.2, -0.15) is 0 Å². The minimum atomic E-state index is -2.99. The van der Waals surface area contributed by atoms with Gasteiger partial charge in [-0.1, -0.05) is 109 Å². The van der Waals surface area contributed by atoms with E-state index in [1.54, 1.807) is 58.0 Å². The topological polar surface area (TPSA) is 84.9 Å². The maximum absolute atomic E-state index is 14.2. The number of amides is 2. The van der Waals surface area contributed by atoms with Crippen molar-refractivity contribution in [1.82, 2.24) is 9.99 Å². The number of benzene rings is 3. The fourth-order valence-electron chi connectivity index (χ4n) is 4.56. The van der Waals surface area contributed by atoms with Gasteiger partial charge in [0.15, 0.2) is 5.54 Å². The number of rotatable bonds is 8. The summed E-state index contributed by atoms with van der Waals surface area (Å²) in [6.07, 6.45) is -2.20. The molecule has 1 unspecified atom stereocenters. The van der Waals surface area contributed by atoms with Gasteiger partial charge in [-0.05, 0) is 33.3 Å². The van der Waals surface area contributed by atoms with Crippen LogP contribution < -0.4 is 15.7 Å². The summed E-state index contributed by atoms with van der Waals surface area (Å²) in [5.41, 5.74) is -2.09. The van der Waals surface area contributed by atoms with E-state index in [0.717, 1.165) is 15.5 Å². The third-order valence-corrected chi connectivity index (χ3v) is 10.6. The van der Waals surface area contributed by atoms with Crippen molar-refractivity contribution in [3.63, 3.8) is 0 Å². The molecule has 1 heterocycles. The number of hydrogen-bond donors (Lipinski definition) is 1. The lowest BCUT2D eigenvalue weighted by molar-refractivity contribution is -0.150. The van der Waals surface area contributed by atoms with Crippen LogP contribution in [0.3, 0.4) is 0 Å². The van der Waals surface area contributed by atoms with Crippen LogP contribution in [0.2, 0.25) is 0 Å². The van der Waals surface area contributed by atoms with Crippen LogP contribution in [0.25, 0.3) is 0 Å². The minimum Gasteiger partial charge on any atom is -0.464 e. The molecule has 9 heteroatoms. The Labute approximate surface area is 240 Å². The second-order valence-electron chi connectivity index (χ2n) is 10.2. The van der Waals surface area contributed by atoms with Crippen LogP contribution in [0, 0.1) is 0 Å². The number of nitrogens with zero attached hydrogens (tertiary/aromatic N) is 1. The van der Waals surface area contributed by atoms with Crippen molar-refractivity contribution < 1.29 is 23.9 Å². The largest absolute Gasteiger partial charge is 0.464 e. The predicted molar refractivity (Wildman–Crippen MR) is 160 cm³/mol. The molecule has 1 aliphatic rings. The van der Waals surface area contributed by atoms with Crippen LogP contribution in [0.15, 0.2) is 103 Å². The minimum absolute atomic E-state index is 0.0572. The van der Waals surface area contributed by atoms with E-state index in [2.05, 4.69) is 5.09 Å². The molecule has 1 atom stereocenters. The monoisotopic (exact) mass is 576 g/mol. The van der Waals surface area contributed by atoms with Gasteiger partial charge in [-0.25, -0.2) is 14.5 Å². The molecule has 0 aliphatic carbocycles. The highest BCUT2D eigenvalue weighted by Gasteiger charge is 2.54. The van der Waals surface area contributed by atoms with E-state index in [1.165, 1.54) is 0 Å². The summed E-state index contributed by atoms with van der Waals surface area (Å²) in [5.74, 6) is -1.34. The van der Waals surface area contributed by atoms with E-state index in [-0.39, 0.29) is 18.7 Å². The first kappa shape index (κ1) is 29.4. The Morgan fingerprint density at radius 2 is 1.40 bits per heavy atom. The van der Waals surface area contributed by atoms with Gasteiger partial charge >= 0.3 is 12.1 Å². The number of nitrogens with one attached hydrogen (secondary N) is 1. The Kier molecular flexibility index (Phi) is 8.74. The predicted octanol–water partition coefficient (Wildman–Crippen LogP) is 4.78. The quantitative estimate of drug-likeness (QED) is 0.305. The Bertz CT molecular complexity index is 1410. The maximum atomic E-state index is 14.2. The number of imide groups is 1. The van der Waals surface area contributed by atoms with Gasteiger partial charge in [0.05, 0.1) is 24.9 Å². The highest BCUT2D eigenvalue weighted by Crippen LogP contribution is 2.48.